The molecule has 0 amide bonds. The highest BCUT2D eigenvalue weighted by Crippen LogP contribution is 2.18. The van der Waals surface area contributed by atoms with Crippen LogP contribution in [-0.4, -0.2) is 19.5 Å². The van der Waals surface area contributed by atoms with Crippen LogP contribution in [0.5, 0.6) is 0 Å². The first-order valence-electron chi connectivity index (χ1n) is 3.98. The summed E-state index contributed by atoms with van der Waals surface area (Å²) in [5.41, 5.74) is 1.48. The molecule has 0 unspecified atom stereocenters. The lowest BCUT2D eigenvalue weighted by Gasteiger charge is -2.17. The minimum Gasteiger partial charge on any atom is -0.373 e. The lowest BCUT2D eigenvalue weighted by molar-refractivity contribution is 0.974. The fourth-order valence-corrected chi connectivity index (χ4v) is 1.28. The number of benzene rings is 1. The van der Waals surface area contributed by atoms with Gasteiger partial charge in [-0.15, -0.1) is 16.5 Å². The molecule has 0 heterocycles. The van der Waals surface area contributed by atoms with E-state index in [9.17, 15) is 4.91 Å². The molecule has 0 radical (unpaired) electrons. The fraction of sp³-hybridized carbons (Fsp3) is 0.333. The van der Waals surface area contributed by atoms with E-state index in [1.807, 2.05) is 24.1 Å². The number of hydrogen-bond acceptors (Lipinski definition) is 3. The number of halogens is 1. The summed E-state index contributed by atoms with van der Waals surface area (Å²) in [5.74, 6) is 0.587. The number of rotatable bonds is 4. The molecule has 1 rings (SSSR count). The maximum Gasteiger partial charge on any atom is 0.108 e. The molecule has 1 aromatic carbocycles. The van der Waals surface area contributed by atoms with Crippen molar-refractivity contribution in [1.82, 2.24) is 0 Å². The average molecular weight is 199 g/mol. The molecule has 0 bridgehead atoms. The monoisotopic (exact) mass is 198 g/mol. The summed E-state index contributed by atoms with van der Waals surface area (Å²) in [6.45, 7) is 0.787. The van der Waals surface area contributed by atoms with Gasteiger partial charge >= 0.3 is 0 Å². The van der Waals surface area contributed by atoms with Crippen LogP contribution in [0.3, 0.4) is 0 Å². The molecule has 0 N–H and O–H groups in total. The third-order valence-corrected chi connectivity index (χ3v) is 1.98. The summed E-state index contributed by atoms with van der Waals surface area (Å²) >= 11 is 5.59. The van der Waals surface area contributed by atoms with Crippen LogP contribution >= 0.6 is 11.6 Å². The first-order valence-corrected chi connectivity index (χ1v) is 4.52. The Kier molecular flexibility index (Phi) is 3.71. The lowest BCUT2D eigenvalue weighted by atomic mass is 10.2. The van der Waals surface area contributed by atoms with Gasteiger partial charge in [-0.1, -0.05) is 0 Å². The van der Waals surface area contributed by atoms with Gasteiger partial charge in [0.05, 0.1) is 0 Å². The van der Waals surface area contributed by atoms with Gasteiger partial charge in [0.25, 0.3) is 0 Å². The summed E-state index contributed by atoms with van der Waals surface area (Å²) in [6.07, 6.45) is 0. The van der Waals surface area contributed by atoms with Gasteiger partial charge in [0.2, 0.25) is 0 Å². The molecule has 0 aliphatic carbocycles. The van der Waals surface area contributed by atoms with Crippen LogP contribution in [-0.2, 0) is 0 Å². The van der Waals surface area contributed by atoms with Gasteiger partial charge in [-0.05, 0) is 29.4 Å². The first-order chi connectivity index (χ1) is 6.27. The molecule has 0 aliphatic heterocycles. The van der Waals surface area contributed by atoms with E-state index < -0.39 is 0 Å². The van der Waals surface area contributed by atoms with Gasteiger partial charge in [0.15, 0.2) is 0 Å². The summed E-state index contributed by atoms with van der Waals surface area (Å²) in [5, 5.41) is 2.82. The summed E-state index contributed by atoms with van der Waals surface area (Å²) in [7, 11) is 1.95. The Morgan fingerprint density at radius 3 is 2.46 bits per heavy atom. The molecule has 4 heteroatoms. The second-order valence-electron chi connectivity index (χ2n) is 2.72. The van der Waals surface area contributed by atoms with E-state index in [0.29, 0.717) is 11.6 Å². The van der Waals surface area contributed by atoms with Gasteiger partial charge in [-0.25, -0.2) is 0 Å². The second-order valence-corrected chi connectivity index (χ2v) is 3.10. The maximum absolute atomic E-state index is 10.1. The van der Waals surface area contributed by atoms with Crippen molar-refractivity contribution in [3.8, 4) is 0 Å². The molecule has 0 spiro atoms. The van der Waals surface area contributed by atoms with Crippen molar-refractivity contribution in [2.24, 2.45) is 5.18 Å². The topological polar surface area (TPSA) is 32.7 Å². The highest BCUT2D eigenvalue weighted by Gasteiger charge is 1.99. The van der Waals surface area contributed by atoms with Crippen LogP contribution < -0.4 is 4.90 Å². The molecule has 0 aromatic heterocycles. The Balaban J connectivity index is 2.73. The van der Waals surface area contributed by atoms with E-state index in [2.05, 4.69) is 5.18 Å². The smallest absolute Gasteiger partial charge is 0.108 e. The molecule has 0 saturated heterocycles. The van der Waals surface area contributed by atoms with Crippen LogP contribution in [0.15, 0.2) is 29.4 Å². The largest absolute Gasteiger partial charge is 0.373 e. The van der Waals surface area contributed by atoms with Crippen LogP contribution in [0.25, 0.3) is 0 Å². The lowest BCUT2D eigenvalue weighted by Crippen LogP contribution is -2.19. The van der Waals surface area contributed by atoms with Gasteiger partial charge in [0.1, 0.15) is 5.69 Å². The number of hydrogen-bond donors (Lipinski definition) is 0. The van der Waals surface area contributed by atoms with E-state index in [4.69, 9.17) is 11.6 Å². The van der Waals surface area contributed by atoms with Gasteiger partial charge in [-0.2, -0.15) is 0 Å². The van der Waals surface area contributed by atoms with Crippen LogP contribution in [0, 0.1) is 4.91 Å². The normalized spacial score (nSPS) is 9.69. The van der Waals surface area contributed by atoms with Gasteiger partial charge in [0, 0.05) is 25.2 Å². The molecular weight excluding hydrogens is 188 g/mol. The van der Waals surface area contributed by atoms with Crippen molar-refractivity contribution in [2.45, 2.75) is 0 Å². The summed E-state index contributed by atoms with van der Waals surface area (Å²) in [4.78, 5) is 12.1. The van der Waals surface area contributed by atoms with Gasteiger partial charge in [-0.3, -0.25) is 0 Å². The SMILES string of the molecule is CN(CCCl)c1ccc(N=O)cc1. The van der Waals surface area contributed by atoms with E-state index >= 15 is 0 Å². The standard InChI is InChI=1S/C9H11ClN2O/c1-12(7-6-10)9-4-2-8(11-13)3-5-9/h2-5H,6-7H2,1H3. The van der Waals surface area contributed by atoms with Crippen molar-refractivity contribution < 1.29 is 0 Å². The van der Waals surface area contributed by atoms with Crippen LogP contribution in [0.1, 0.15) is 0 Å². The number of anilines is 1. The van der Waals surface area contributed by atoms with Gasteiger partial charge < -0.3 is 4.90 Å². The molecule has 13 heavy (non-hydrogen) atoms. The highest BCUT2D eigenvalue weighted by atomic mass is 35.5. The molecular formula is C9H11ClN2O. The van der Waals surface area contributed by atoms with E-state index in [-0.39, 0.29) is 0 Å². The van der Waals surface area contributed by atoms with Crippen molar-refractivity contribution >= 4 is 23.0 Å². The molecule has 1 aromatic rings. The zero-order valence-electron chi connectivity index (χ0n) is 7.40. The highest BCUT2D eigenvalue weighted by molar-refractivity contribution is 6.18. The average Bonchev–Trinajstić information content (AvgIpc) is 2.18. The first kappa shape index (κ1) is 9.99. The van der Waals surface area contributed by atoms with Crippen LogP contribution in [0.4, 0.5) is 11.4 Å². The number of nitrogens with zero attached hydrogens (tertiary/aromatic N) is 2. The predicted octanol–water partition coefficient (Wildman–Crippen LogP) is 2.76. The zero-order chi connectivity index (χ0) is 9.68. The quantitative estimate of drug-likeness (QED) is 0.551. The molecule has 70 valence electrons. The molecule has 0 aliphatic rings. The van der Waals surface area contributed by atoms with E-state index in [0.717, 1.165) is 12.2 Å². The van der Waals surface area contributed by atoms with Crippen LogP contribution in [0.2, 0.25) is 0 Å². The van der Waals surface area contributed by atoms with Crippen molar-refractivity contribution in [1.29, 1.82) is 0 Å². The van der Waals surface area contributed by atoms with Crippen molar-refractivity contribution in [2.75, 3.05) is 24.4 Å². The minimum absolute atomic E-state index is 0.447. The van der Waals surface area contributed by atoms with Crippen molar-refractivity contribution in [3.05, 3.63) is 29.2 Å². The van der Waals surface area contributed by atoms with Crippen molar-refractivity contribution in [3.63, 3.8) is 0 Å². The summed E-state index contributed by atoms with van der Waals surface area (Å²) in [6, 6.07) is 7.08. The molecule has 3 nitrogen and oxygen atoms in total. The molecule has 0 fully saturated rings. The fourth-order valence-electron chi connectivity index (χ4n) is 1.02. The van der Waals surface area contributed by atoms with E-state index in [1.165, 1.54) is 0 Å². The Morgan fingerprint density at radius 2 is 2.00 bits per heavy atom. The second kappa shape index (κ2) is 4.82. The summed E-state index contributed by atoms with van der Waals surface area (Å²) < 4.78 is 0. The number of alkyl halides is 1. The Hall–Kier alpha value is -1.09. The molecule has 0 saturated carbocycles. The third kappa shape index (κ3) is 2.70. The molecule has 0 atom stereocenters. The Labute approximate surface area is 82.3 Å². The number of nitroso groups, excluding NO2 is 1. The van der Waals surface area contributed by atoms with E-state index in [1.54, 1.807) is 12.1 Å². The third-order valence-electron chi connectivity index (χ3n) is 1.82. The predicted molar refractivity (Wildman–Crippen MR) is 55.9 cm³/mol. The Morgan fingerprint density at radius 1 is 1.38 bits per heavy atom. The maximum atomic E-state index is 10.1. The minimum atomic E-state index is 0.447. The zero-order valence-corrected chi connectivity index (χ0v) is 8.16. The Bertz CT molecular complexity index is 273.